The van der Waals surface area contributed by atoms with Gasteiger partial charge in [-0.15, -0.1) is 0 Å². The number of amides is 1. The molecule has 2 fully saturated rings. The van der Waals surface area contributed by atoms with Gasteiger partial charge in [0.25, 0.3) is 0 Å². The van der Waals surface area contributed by atoms with Crippen molar-refractivity contribution in [1.82, 2.24) is 5.32 Å². The number of benzene rings is 2. The number of nitrogens with one attached hydrogen (secondary N) is 1. The first kappa shape index (κ1) is 26.2. The van der Waals surface area contributed by atoms with Gasteiger partial charge in [-0.3, -0.25) is 4.79 Å². The molecule has 194 valence electrons. The van der Waals surface area contributed by atoms with Crippen LogP contribution in [-0.2, 0) is 44.6 Å². The fourth-order valence-corrected chi connectivity index (χ4v) is 4.35. The summed E-state index contributed by atoms with van der Waals surface area (Å²) < 4.78 is 36.0. The molecule has 0 bridgehead atoms. The van der Waals surface area contributed by atoms with E-state index in [1.54, 1.807) is 13.8 Å². The van der Waals surface area contributed by atoms with Gasteiger partial charge in [-0.25, -0.2) is 4.79 Å². The minimum Gasteiger partial charge on any atom is -0.464 e. The lowest BCUT2D eigenvalue weighted by Gasteiger charge is -2.49. The van der Waals surface area contributed by atoms with Crippen molar-refractivity contribution in [2.45, 2.75) is 70.4 Å². The summed E-state index contributed by atoms with van der Waals surface area (Å²) in [7, 11) is 0. The molecule has 1 amide bonds. The number of ether oxygens (including phenoxy) is 6. The van der Waals surface area contributed by atoms with Crippen molar-refractivity contribution in [1.29, 1.82) is 0 Å². The molecule has 36 heavy (non-hydrogen) atoms. The van der Waals surface area contributed by atoms with Crippen molar-refractivity contribution in [3.63, 3.8) is 0 Å². The van der Waals surface area contributed by atoms with Crippen molar-refractivity contribution < 1.29 is 38.0 Å². The molecule has 9 nitrogen and oxygen atoms in total. The van der Waals surface area contributed by atoms with Gasteiger partial charge in [0.15, 0.2) is 18.7 Å². The second-order valence-corrected chi connectivity index (χ2v) is 8.74. The largest absolute Gasteiger partial charge is 0.464 e. The number of carbonyl (C=O) groups is 2. The van der Waals surface area contributed by atoms with Crippen LogP contribution in [-0.4, -0.2) is 61.8 Å². The maximum Gasteiger partial charge on any atom is 0.334 e. The molecule has 0 aliphatic carbocycles. The normalized spacial score (nSPS) is 28.5. The van der Waals surface area contributed by atoms with E-state index in [-0.39, 0.29) is 25.7 Å². The molecular formula is C27H33NO8. The average molecular weight is 500 g/mol. The Hall–Kier alpha value is -2.82. The predicted molar refractivity (Wildman–Crippen MR) is 128 cm³/mol. The van der Waals surface area contributed by atoms with Gasteiger partial charge in [0.1, 0.15) is 24.4 Å². The zero-order valence-electron chi connectivity index (χ0n) is 20.7. The van der Waals surface area contributed by atoms with Crippen molar-refractivity contribution in [3.8, 4) is 0 Å². The standard InChI is InChI=1S/C27H33NO8/c1-4-31-25(30)17(2)34-24-22(28-18(3)29)27(32-15-19-11-7-5-8-12-19)35-21-16-33-26(36-23(21)24)20-13-9-6-10-14-20/h5-14,17,21-24,26-27H,4,15-16H2,1-3H3,(H,28,29)/t17-,21?,22?,23+,24+,26?,27-/m0/s1. The van der Waals surface area contributed by atoms with Crippen molar-refractivity contribution in [2.24, 2.45) is 0 Å². The zero-order chi connectivity index (χ0) is 25.5. The van der Waals surface area contributed by atoms with Gasteiger partial charge in [-0.05, 0) is 19.4 Å². The summed E-state index contributed by atoms with van der Waals surface area (Å²) in [6.45, 7) is 5.45. The zero-order valence-corrected chi connectivity index (χ0v) is 20.7. The van der Waals surface area contributed by atoms with Gasteiger partial charge >= 0.3 is 5.97 Å². The highest BCUT2D eigenvalue weighted by atomic mass is 16.8. The number of fused-ring (bicyclic) bond motifs is 1. The second-order valence-electron chi connectivity index (χ2n) is 8.74. The summed E-state index contributed by atoms with van der Waals surface area (Å²) in [6.07, 6.45) is -4.39. The Labute approximate surface area is 211 Å². The van der Waals surface area contributed by atoms with Gasteiger partial charge in [0, 0.05) is 12.5 Å². The molecule has 0 saturated carbocycles. The first-order valence-corrected chi connectivity index (χ1v) is 12.2. The molecule has 2 aromatic carbocycles. The van der Waals surface area contributed by atoms with E-state index in [0.29, 0.717) is 0 Å². The van der Waals surface area contributed by atoms with Crippen LogP contribution in [0.4, 0.5) is 0 Å². The van der Waals surface area contributed by atoms with Gasteiger partial charge < -0.3 is 33.7 Å². The Morgan fingerprint density at radius 2 is 1.75 bits per heavy atom. The number of hydrogen-bond donors (Lipinski definition) is 1. The van der Waals surface area contributed by atoms with Crippen LogP contribution in [0.2, 0.25) is 0 Å². The highest BCUT2D eigenvalue weighted by Gasteiger charge is 2.52. The highest BCUT2D eigenvalue weighted by molar-refractivity contribution is 5.74. The molecule has 2 aromatic rings. The first-order valence-electron chi connectivity index (χ1n) is 12.2. The minimum atomic E-state index is -0.902. The number of carbonyl (C=O) groups excluding carboxylic acids is 2. The van der Waals surface area contributed by atoms with Gasteiger partial charge in [-0.2, -0.15) is 0 Å². The third-order valence-electron chi connectivity index (χ3n) is 6.02. The van der Waals surface area contributed by atoms with E-state index in [1.165, 1.54) is 6.92 Å². The summed E-state index contributed by atoms with van der Waals surface area (Å²) in [5, 5.41) is 2.90. The maximum absolute atomic E-state index is 12.4. The summed E-state index contributed by atoms with van der Waals surface area (Å²) in [6, 6.07) is 18.4. The van der Waals surface area contributed by atoms with E-state index in [9.17, 15) is 9.59 Å². The molecule has 1 N–H and O–H groups in total. The molecule has 2 heterocycles. The van der Waals surface area contributed by atoms with Gasteiger partial charge in [0.05, 0.1) is 19.8 Å². The Kier molecular flexibility index (Phi) is 9.06. The minimum absolute atomic E-state index is 0.218. The molecule has 4 rings (SSSR count). The number of esters is 1. The summed E-state index contributed by atoms with van der Waals surface area (Å²) in [5.41, 5.74) is 1.79. The van der Waals surface area contributed by atoms with Gasteiger partial charge in [0.2, 0.25) is 5.91 Å². The molecule has 0 aromatic heterocycles. The molecule has 3 unspecified atom stereocenters. The summed E-state index contributed by atoms with van der Waals surface area (Å²) >= 11 is 0. The third kappa shape index (κ3) is 6.48. The molecule has 9 heteroatoms. The average Bonchev–Trinajstić information content (AvgIpc) is 2.89. The van der Waals surface area contributed by atoms with Crippen molar-refractivity contribution in [3.05, 3.63) is 71.8 Å². The fraction of sp³-hybridized carbons (Fsp3) is 0.481. The molecule has 0 radical (unpaired) electrons. The maximum atomic E-state index is 12.4. The molecule has 7 atom stereocenters. The van der Waals surface area contributed by atoms with Crippen LogP contribution in [0.25, 0.3) is 0 Å². The van der Waals surface area contributed by atoms with E-state index in [4.69, 9.17) is 28.4 Å². The van der Waals surface area contributed by atoms with Crippen LogP contribution in [0.3, 0.4) is 0 Å². The van der Waals surface area contributed by atoms with Crippen molar-refractivity contribution in [2.75, 3.05) is 13.2 Å². The lowest BCUT2D eigenvalue weighted by atomic mass is 9.95. The molecular weight excluding hydrogens is 466 g/mol. The Morgan fingerprint density at radius 1 is 1.06 bits per heavy atom. The van der Waals surface area contributed by atoms with Crippen LogP contribution in [0, 0.1) is 0 Å². The quantitative estimate of drug-likeness (QED) is 0.526. The fourth-order valence-electron chi connectivity index (χ4n) is 4.35. The highest BCUT2D eigenvalue weighted by Crippen LogP contribution is 2.36. The van der Waals surface area contributed by atoms with E-state index < -0.39 is 49.0 Å². The lowest BCUT2D eigenvalue weighted by molar-refractivity contribution is -0.352. The van der Waals surface area contributed by atoms with E-state index >= 15 is 0 Å². The van der Waals surface area contributed by atoms with Gasteiger partial charge in [-0.1, -0.05) is 60.7 Å². The molecule has 2 aliphatic heterocycles. The molecule has 2 saturated heterocycles. The van der Waals surface area contributed by atoms with E-state index in [0.717, 1.165) is 11.1 Å². The van der Waals surface area contributed by atoms with Crippen LogP contribution >= 0.6 is 0 Å². The topological polar surface area (TPSA) is 102 Å². The Morgan fingerprint density at radius 3 is 2.42 bits per heavy atom. The smallest absolute Gasteiger partial charge is 0.334 e. The molecule has 2 aliphatic rings. The summed E-state index contributed by atoms with van der Waals surface area (Å²) in [4.78, 5) is 24.6. The monoisotopic (exact) mass is 499 g/mol. The van der Waals surface area contributed by atoms with E-state index in [2.05, 4.69) is 5.32 Å². The molecule has 0 spiro atoms. The van der Waals surface area contributed by atoms with E-state index in [1.807, 2.05) is 60.7 Å². The van der Waals surface area contributed by atoms with Crippen LogP contribution in [0.5, 0.6) is 0 Å². The summed E-state index contributed by atoms with van der Waals surface area (Å²) in [5.74, 6) is -0.796. The lowest BCUT2D eigenvalue weighted by Crippen LogP contribution is -2.68. The van der Waals surface area contributed by atoms with Crippen LogP contribution in [0.1, 0.15) is 38.2 Å². The SMILES string of the molecule is CCOC(=O)[C@H](C)O[C@@H]1C(NC(C)=O)[C@@H](OCc2ccccc2)OC2COC(c3ccccc3)O[C@H]21. The number of hydrogen-bond acceptors (Lipinski definition) is 8. The third-order valence-corrected chi connectivity index (χ3v) is 6.02. The number of rotatable bonds is 9. The van der Waals surface area contributed by atoms with Crippen molar-refractivity contribution >= 4 is 11.9 Å². The Bertz CT molecular complexity index is 988. The predicted octanol–water partition coefficient (Wildman–Crippen LogP) is 2.88. The Balaban J connectivity index is 1.60. The first-order chi connectivity index (χ1) is 17.5. The van der Waals surface area contributed by atoms with Crippen LogP contribution < -0.4 is 5.32 Å². The second kappa shape index (κ2) is 12.4. The van der Waals surface area contributed by atoms with Crippen LogP contribution in [0.15, 0.2) is 60.7 Å².